The van der Waals surface area contributed by atoms with Crippen molar-refractivity contribution in [2.75, 3.05) is 38.7 Å². The molecule has 1 aromatic carbocycles. The van der Waals surface area contributed by atoms with E-state index in [-0.39, 0.29) is 11.2 Å². The third-order valence-electron chi connectivity index (χ3n) is 5.52. The predicted octanol–water partition coefficient (Wildman–Crippen LogP) is 2.59. The SMILES string of the molecule is CN=C(NCC(C)(C)CCS(C)(=O)=O)NC1CCN(Cc2cccc(C)c2)CC1. The van der Waals surface area contributed by atoms with Gasteiger partial charge in [-0.3, -0.25) is 9.89 Å². The van der Waals surface area contributed by atoms with E-state index in [0.29, 0.717) is 19.0 Å². The Bertz CT molecular complexity index is 782. The Morgan fingerprint density at radius 1 is 1.28 bits per heavy atom. The van der Waals surface area contributed by atoms with Gasteiger partial charge in [0.2, 0.25) is 0 Å². The van der Waals surface area contributed by atoms with Crippen LogP contribution in [0.25, 0.3) is 0 Å². The first-order valence-electron chi connectivity index (χ1n) is 10.5. The molecule has 29 heavy (non-hydrogen) atoms. The number of aryl methyl sites for hydroxylation is 1. The highest BCUT2D eigenvalue weighted by Gasteiger charge is 2.23. The monoisotopic (exact) mass is 422 g/mol. The lowest BCUT2D eigenvalue weighted by molar-refractivity contribution is 0.198. The van der Waals surface area contributed by atoms with Gasteiger partial charge in [-0.15, -0.1) is 0 Å². The quantitative estimate of drug-likeness (QED) is 0.498. The Balaban J connectivity index is 1.75. The van der Waals surface area contributed by atoms with Gasteiger partial charge in [-0.1, -0.05) is 43.7 Å². The van der Waals surface area contributed by atoms with Gasteiger partial charge in [0.15, 0.2) is 5.96 Å². The van der Waals surface area contributed by atoms with Gasteiger partial charge < -0.3 is 10.6 Å². The first-order valence-corrected chi connectivity index (χ1v) is 12.6. The highest BCUT2D eigenvalue weighted by Crippen LogP contribution is 2.20. The molecule has 2 N–H and O–H groups in total. The number of aliphatic imine (C=N–C) groups is 1. The normalized spacial score (nSPS) is 17.3. The number of guanidine groups is 1. The zero-order chi connectivity index (χ0) is 21.5. The summed E-state index contributed by atoms with van der Waals surface area (Å²) in [4.78, 5) is 6.86. The largest absolute Gasteiger partial charge is 0.356 e. The molecule has 0 bridgehead atoms. The van der Waals surface area contributed by atoms with Crippen LogP contribution in [0, 0.1) is 12.3 Å². The van der Waals surface area contributed by atoms with E-state index in [9.17, 15) is 8.42 Å². The molecule has 0 amide bonds. The molecule has 1 aliphatic rings. The Labute approximate surface area is 177 Å². The summed E-state index contributed by atoms with van der Waals surface area (Å²) in [5.74, 6) is 1.02. The van der Waals surface area contributed by atoms with E-state index in [1.807, 2.05) is 0 Å². The van der Waals surface area contributed by atoms with Crippen molar-refractivity contribution in [3.8, 4) is 0 Å². The molecule has 0 radical (unpaired) electrons. The lowest BCUT2D eigenvalue weighted by Gasteiger charge is -2.33. The molecule has 0 aliphatic carbocycles. The first kappa shape index (κ1) is 23.7. The Morgan fingerprint density at radius 2 is 1.97 bits per heavy atom. The van der Waals surface area contributed by atoms with E-state index in [2.05, 4.69) is 65.6 Å². The zero-order valence-corrected chi connectivity index (χ0v) is 19.5. The summed E-state index contributed by atoms with van der Waals surface area (Å²) in [6.07, 6.45) is 4.10. The van der Waals surface area contributed by atoms with Crippen LogP contribution in [0.4, 0.5) is 0 Å². The van der Waals surface area contributed by atoms with E-state index in [4.69, 9.17) is 0 Å². The summed E-state index contributed by atoms with van der Waals surface area (Å²) in [6, 6.07) is 9.15. The highest BCUT2D eigenvalue weighted by molar-refractivity contribution is 7.90. The van der Waals surface area contributed by atoms with E-state index < -0.39 is 9.84 Å². The number of nitrogens with one attached hydrogen (secondary N) is 2. The van der Waals surface area contributed by atoms with Crippen LogP contribution in [-0.4, -0.2) is 64.0 Å². The molecule has 0 saturated carbocycles. The minimum absolute atomic E-state index is 0.113. The standard InChI is InChI=1S/C22H38N4O2S/c1-18-7-6-8-19(15-18)16-26-12-9-20(10-13-26)25-21(23-4)24-17-22(2,3)11-14-29(5,27)28/h6-8,15,20H,9-14,16-17H2,1-5H3,(H2,23,24,25). The lowest BCUT2D eigenvalue weighted by Crippen LogP contribution is -2.50. The minimum Gasteiger partial charge on any atom is -0.356 e. The number of rotatable bonds is 8. The van der Waals surface area contributed by atoms with E-state index in [1.165, 1.54) is 17.4 Å². The van der Waals surface area contributed by atoms with Gasteiger partial charge in [-0.2, -0.15) is 0 Å². The van der Waals surface area contributed by atoms with Crippen molar-refractivity contribution in [2.24, 2.45) is 10.4 Å². The van der Waals surface area contributed by atoms with Crippen LogP contribution in [-0.2, 0) is 16.4 Å². The Kier molecular flexibility index (Phi) is 8.52. The maximum absolute atomic E-state index is 11.4. The second-order valence-corrected chi connectivity index (χ2v) is 11.4. The van der Waals surface area contributed by atoms with Crippen LogP contribution in [0.1, 0.15) is 44.2 Å². The molecule has 1 aliphatic heterocycles. The van der Waals surface area contributed by atoms with E-state index in [1.54, 1.807) is 7.05 Å². The van der Waals surface area contributed by atoms with Gasteiger partial charge in [0.1, 0.15) is 9.84 Å². The summed E-state index contributed by atoms with van der Waals surface area (Å²) in [6.45, 7) is 10.2. The van der Waals surface area contributed by atoms with Crippen molar-refractivity contribution in [3.63, 3.8) is 0 Å². The van der Waals surface area contributed by atoms with Gasteiger partial charge in [-0.05, 0) is 37.2 Å². The smallest absolute Gasteiger partial charge is 0.191 e. The van der Waals surface area contributed by atoms with E-state index in [0.717, 1.165) is 38.4 Å². The van der Waals surface area contributed by atoms with Crippen molar-refractivity contribution in [1.82, 2.24) is 15.5 Å². The van der Waals surface area contributed by atoms with Crippen LogP contribution in [0.5, 0.6) is 0 Å². The average molecular weight is 423 g/mol. The highest BCUT2D eigenvalue weighted by atomic mass is 32.2. The topological polar surface area (TPSA) is 73.8 Å². The van der Waals surface area contributed by atoms with Crippen LogP contribution in [0.3, 0.4) is 0 Å². The Morgan fingerprint density at radius 3 is 2.55 bits per heavy atom. The molecule has 1 aromatic rings. The molecule has 164 valence electrons. The van der Waals surface area contributed by atoms with Gasteiger partial charge in [-0.25, -0.2) is 8.42 Å². The summed E-state index contributed by atoms with van der Waals surface area (Å²) in [7, 11) is -1.15. The summed E-state index contributed by atoms with van der Waals surface area (Å²) < 4.78 is 22.9. The number of benzene rings is 1. The fourth-order valence-corrected chi connectivity index (χ4v) is 4.49. The number of sulfone groups is 1. The number of hydrogen-bond acceptors (Lipinski definition) is 4. The molecule has 0 unspecified atom stereocenters. The van der Waals surface area contributed by atoms with Crippen molar-refractivity contribution in [2.45, 2.75) is 52.6 Å². The van der Waals surface area contributed by atoms with Crippen molar-refractivity contribution < 1.29 is 8.42 Å². The van der Waals surface area contributed by atoms with Crippen molar-refractivity contribution in [3.05, 3.63) is 35.4 Å². The molecule has 7 heteroatoms. The fraction of sp³-hybridized carbons (Fsp3) is 0.682. The van der Waals surface area contributed by atoms with Gasteiger partial charge in [0, 0.05) is 45.5 Å². The molecular formula is C22H38N4O2S. The number of nitrogens with zero attached hydrogens (tertiary/aromatic N) is 2. The maximum Gasteiger partial charge on any atom is 0.191 e. The number of likely N-dealkylation sites (tertiary alicyclic amines) is 1. The molecule has 2 rings (SSSR count). The van der Waals surface area contributed by atoms with Gasteiger partial charge in [0.05, 0.1) is 5.75 Å². The van der Waals surface area contributed by atoms with Crippen molar-refractivity contribution >= 4 is 15.8 Å². The van der Waals surface area contributed by atoms with Gasteiger partial charge >= 0.3 is 0 Å². The molecule has 1 saturated heterocycles. The molecule has 0 aromatic heterocycles. The molecule has 1 heterocycles. The Hall–Kier alpha value is -1.60. The summed E-state index contributed by atoms with van der Waals surface area (Å²) in [5.41, 5.74) is 2.58. The molecular weight excluding hydrogens is 384 g/mol. The van der Waals surface area contributed by atoms with E-state index >= 15 is 0 Å². The predicted molar refractivity (Wildman–Crippen MR) is 122 cm³/mol. The summed E-state index contributed by atoms with van der Waals surface area (Å²) in [5, 5.41) is 6.92. The third-order valence-corrected chi connectivity index (χ3v) is 6.47. The zero-order valence-electron chi connectivity index (χ0n) is 18.7. The second-order valence-electron chi connectivity index (χ2n) is 9.15. The second kappa shape index (κ2) is 10.4. The minimum atomic E-state index is -2.93. The molecule has 6 nitrogen and oxygen atoms in total. The summed E-state index contributed by atoms with van der Waals surface area (Å²) >= 11 is 0. The fourth-order valence-electron chi connectivity index (χ4n) is 3.57. The van der Waals surface area contributed by atoms with Crippen LogP contribution < -0.4 is 10.6 Å². The van der Waals surface area contributed by atoms with Gasteiger partial charge in [0.25, 0.3) is 0 Å². The number of hydrogen-bond donors (Lipinski definition) is 2. The average Bonchev–Trinajstić information content (AvgIpc) is 2.64. The molecule has 1 fully saturated rings. The van der Waals surface area contributed by atoms with Crippen LogP contribution in [0.15, 0.2) is 29.3 Å². The van der Waals surface area contributed by atoms with Crippen LogP contribution in [0.2, 0.25) is 0 Å². The van der Waals surface area contributed by atoms with Crippen molar-refractivity contribution in [1.29, 1.82) is 0 Å². The number of piperidine rings is 1. The van der Waals surface area contributed by atoms with Crippen LogP contribution >= 0.6 is 0 Å². The third kappa shape index (κ3) is 9.17. The maximum atomic E-state index is 11.4. The first-order chi connectivity index (χ1) is 13.6. The lowest BCUT2D eigenvalue weighted by atomic mass is 9.90. The molecule has 0 spiro atoms. The molecule has 0 atom stereocenters.